The first-order chi connectivity index (χ1) is 23.2. The Balaban J connectivity index is 1.12. The van der Waals surface area contributed by atoms with Crippen LogP contribution < -0.4 is 10.2 Å². The smallest absolute Gasteiger partial charge is 0.410 e. The average Bonchev–Trinajstić information content (AvgIpc) is 3.83. The van der Waals surface area contributed by atoms with Crippen LogP contribution in [0.5, 0.6) is 0 Å². The highest BCUT2D eigenvalue weighted by atomic mass is 32.1. The second kappa shape index (κ2) is 15.3. The summed E-state index contributed by atoms with van der Waals surface area (Å²) in [6.07, 6.45) is 1.32. The fraction of sp³-hybridized carbons (Fsp3) is 0.583. The van der Waals surface area contributed by atoms with Crippen molar-refractivity contribution in [1.29, 1.82) is 0 Å². The van der Waals surface area contributed by atoms with Gasteiger partial charge in [0.1, 0.15) is 17.4 Å². The highest BCUT2D eigenvalue weighted by Gasteiger charge is 2.42. The second-order valence-corrected chi connectivity index (χ2v) is 15.2. The first-order valence-electron chi connectivity index (χ1n) is 17.1. The Morgan fingerprint density at radius 1 is 1.16 bits per heavy atom. The molecule has 0 spiro atoms. The first-order valence-corrected chi connectivity index (χ1v) is 18.0. The maximum Gasteiger partial charge on any atom is 0.410 e. The lowest BCUT2D eigenvalue weighted by molar-refractivity contribution is -0.141. The van der Waals surface area contributed by atoms with Gasteiger partial charge in [-0.2, -0.15) is 0 Å². The Bertz CT molecular complexity index is 1590. The van der Waals surface area contributed by atoms with Gasteiger partial charge < -0.3 is 34.4 Å². The highest BCUT2D eigenvalue weighted by molar-refractivity contribution is 7.13. The van der Waals surface area contributed by atoms with Gasteiger partial charge in [-0.1, -0.05) is 43.3 Å². The minimum atomic E-state index is -0.766. The molecule has 1 aromatic carbocycles. The molecule has 0 aliphatic carbocycles. The van der Waals surface area contributed by atoms with Crippen LogP contribution in [0.3, 0.4) is 0 Å². The number of nitrogens with zero attached hydrogens (tertiary/aromatic N) is 5. The van der Waals surface area contributed by atoms with E-state index in [1.54, 1.807) is 16.2 Å². The van der Waals surface area contributed by atoms with Gasteiger partial charge in [0.05, 0.1) is 22.2 Å². The third kappa shape index (κ3) is 8.80. The SMILES string of the molecule is Cc1ncsc1-c1ccc(CCNC(=O)[C@@H]2C[C@@H](O)CN2C(=O)[C@@H](C)[C@H](C)c2cc(N(C)C3CCN(C(=O)OC(C)(C)C)CC3)no2)cc1. The fourth-order valence-electron chi connectivity index (χ4n) is 6.49. The number of aryl methyl sites for hydroxylation is 1. The molecular weight excluding hydrogens is 644 g/mol. The number of hydrogen-bond acceptors (Lipinski definition) is 10. The number of benzene rings is 1. The van der Waals surface area contributed by atoms with Crippen LogP contribution in [0.2, 0.25) is 0 Å². The molecule has 0 saturated carbocycles. The molecule has 2 saturated heterocycles. The minimum Gasteiger partial charge on any atom is -0.444 e. The number of nitrogens with one attached hydrogen (secondary N) is 1. The van der Waals surface area contributed by atoms with Crippen LogP contribution in [0.15, 0.2) is 40.4 Å². The molecule has 49 heavy (non-hydrogen) atoms. The van der Waals surface area contributed by atoms with Crippen molar-refractivity contribution in [1.82, 2.24) is 25.3 Å². The molecule has 12 nitrogen and oxygen atoms in total. The normalized spacial score (nSPS) is 19.8. The van der Waals surface area contributed by atoms with E-state index >= 15 is 0 Å². The molecule has 13 heteroatoms. The molecule has 3 aromatic rings. The van der Waals surface area contributed by atoms with Crippen molar-refractivity contribution in [2.45, 2.75) is 96.9 Å². The molecule has 2 N–H and O–H groups in total. The van der Waals surface area contributed by atoms with Crippen LogP contribution in [0, 0.1) is 12.8 Å². The van der Waals surface area contributed by atoms with Gasteiger partial charge in [-0.15, -0.1) is 11.3 Å². The molecule has 4 atom stereocenters. The fourth-order valence-corrected chi connectivity index (χ4v) is 7.30. The zero-order valence-electron chi connectivity index (χ0n) is 29.6. The van der Waals surface area contributed by atoms with E-state index in [1.807, 2.05) is 60.2 Å². The molecule has 3 amide bonds. The molecular formula is C36H50N6O6S. The Labute approximate surface area is 292 Å². The van der Waals surface area contributed by atoms with Crippen LogP contribution >= 0.6 is 11.3 Å². The van der Waals surface area contributed by atoms with Gasteiger partial charge in [-0.05, 0) is 58.1 Å². The summed E-state index contributed by atoms with van der Waals surface area (Å²) in [5.74, 6) is -0.0498. The maximum atomic E-state index is 13.7. The predicted octanol–water partition coefficient (Wildman–Crippen LogP) is 5.00. The number of thiazole rings is 1. The Morgan fingerprint density at radius 3 is 2.49 bits per heavy atom. The molecule has 0 unspecified atom stereocenters. The molecule has 266 valence electrons. The number of aromatic nitrogens is 2. The third-order valence-electron chi connectivity index (χ3n) is 9.67. The van der Waals surface area contributed by atoms with Crippen LogP contribution in [-0.2, 0) is 20.7 Å². The van der Waals surface area contributed by atoms with Crippen LogP contribution in [0.1, 0.15) is 76.8 Å². The van der Waals surface area contributed by atoms with Crippen molar-refractivity contribution in [3.05, 3.63) is 52.9 Å². The first kappa shape index (κ1) is 36.3. The number of aliphatic hydroxyl groups is 1. The van der Waals surface area contributed by atoms with Crippen molar-refractivity contribution in [3.63, 3.8) is 0 Å². The van der Waals surface area contributed by atoms with E-state index in [0.717, 1.165) is 34.5 Å². The lowest BCUT2D eigenvalue weighted by Gasteiger charge is -2.37. The van der Waals surface area contributed by atoms with Gasteiger partial charge in [0.15, 0.2) is 5.82 Å². The van der Waals surface area contributed by atoms with Gasteiger partial charge in [0, 0.05) is 63.6 Å². The van der Waals surface area contributed by atoms with Crippen molar-refractivity contribution in [3.8, 4) is 10.4 Å². The molecule has 2 aliphatic rings. The summed E-state index contributed by atoms with van der Waals surface area (Å²) >= 11 is 1.61. The number of β-amino-alcohol motifs (C(OH)–C–C–N with tert-alkyl or cyclic N) is 1. The largest absolute Gasteiger partial charge is 0.444 e. The Morgan fingerprint density at radius 2 is 1.86 bits per heavy atom. The van der Waals surface area contributed by atoms with E-state index in [1.165, 1.54) is 4.90 Å². The quantitative estimate of drug-likeness (QED) is 0.300. The third-order valence-corrected chi connectivity index (χ3v) is 10.6. The zero-order chi connectivity index (χ0) is 35.5. The maximum absolute atomic E-state index is 13.7. The number of piperidine rings is 1. The number of amides is 3. The van der Waals surface area contributed by atoms with Crippen molar-refractivity contribution >= 4 is 35.1 Å². The number of ether oxygens (including phenoxy) is 1. The average molecular weight is 695 g/mol. The standard InChI is InChI=1S/C36H50N6O6S/c1-22(30-19-31(39-48-30)40(7)27-13-16-41(17-14-27)35(46)47-36(4,5)6)23(2)34(45)42-20-28(43)18-29(42)33(44)37-15-12-25-8-10-26(11-9-25)32-24(3)38-21-49-32/h8-11,19,21-23,27-29,43H,12-18,20H2,1-7H3,(H,37,44)/t22-,23-,28+,29-/m0/s1. The summed E-state index contributed by atoms with van der Waals surface area (Å²) < 4.78 is 11.3. The lowest BCUT2D eigenvalue weighted by Crippen LogP contribution is -2.48. The van der Waals surface area contributed by atoms with Crippen LogP contribution in [0.25, 0.3) is 10.4 Å². The van der Waals surface area contributed by atoms with Gasteiger partial charge in [0.25, 0.3) is 0 Å². The zero-order valence-corrected chi connectivity index (χ0v) is 30.5. The minimum absolute atomic E-state index is 0.110. The molecule has 2 fully saturated rings. The Kier molecular flexibility index (Phi) is 11.3. The molecule has 0 radical (unpaired) electrons. The number of aliphatic hydroxyl groups excluding tert-OH is 1. The highest BCUT2D eigenvalue weighted by Crippen LogP contribution is 2.32. The van der Waals surface area contributed by atoms with Gasteiger partial charge in [-0.3, -0.25) is 9.59 Å². The monoisotopic (exact) mass is 694 g/mol. The number of carbonyl (C=O) groups is 3. The number of likely N-dealkylation sites (tertiary alicyclic amines) is 2. The molecule has 2 aliphatic heterocycles. The number of carbonyl (C=O) groups excluding carboxylic acids is 3. The van der Waals surface area contributed by atoms with Crippen LogP contribution in [-0.4, -0.2) is 100.0 Å². The van der Waals surface area contributed by atoms with Crippen molar-refractivity contribution in [2.75, 3.05) is 38.1 Å². The van der Waals surface area contributed by atoms with E-state index in [-0.39, 0.29) is 42.8 Å². The Hall–Kier alpha value is -3.97. The van der Waals surface area contributed by atoms with Gasteiger partial charge in [-0.25, -0.2) is 9.78 Å². The van der Waals surface area contributed by atoms with Crippen molar-refractivity contribution < 1.29 is 28.8 Å². The van der Waals surface area contributed by atoms with E-state index in [0.29, 0.717) is 37.6 Å². The van der Waals surface area contributed by atoms with Crippen LogP contribution in [0.4, 0.5) is 10.6 Å². The number of rotatable bonds is 10. The molecule has 2 aromatic heterocycles. The molecule has 5 rings (SSSR count). The summed E-state index contributed by atoms with van der Waals surface area (Å²) in [5, 5.41) is 17.8. The lowest BCUT2D eigenvalue weighted by atomic mass is 9.92. The van der Waals surface area contributed by atoms with E-state index in [2.05, 4.69) is 44.6 Å². The summed E-state index contributed by atoms with van der Waals surface area (Å²) in [4.78, 5) is 50.3. The molecule has 4 heterocycles. The molecule has 0 bridgehead atoms. The van der Waals surface area contributed by atoms with E-state index in [4.69, 9.17) is 9.26 Å². The van der Waals surface area contributed by atoms with Gasteiger partial charge >= 0.3 is 6.09 Å². The summed E-state index contributed by atoms with van der Waals surface area (Å²) in [6, 6.07) is 9.55. The number of hydrogen-bond donors (Lipinski definition) is 2. The predicted molar refractivity (Wildman–Crippen MR) is 188 cm³/mol. The van der Waals surface area contributed by atoms with E-state index < -0.39 is 23.7 Å². The second-order valence-electron chi connectivity index (χ2n) is 14.4. The number of anilines is 1. The van der Waals surface area contributed by atoms with Crippen molar-refractivity contribution in [2.24, 2.45) is 5.92 Å². The summed E-state index contributed by atoms with van der Waals surface area (Å²) in [5.41, 5.74) is 4.54. The summed E-state index contributed by atoms with van der Waals surface area (Å²) in [7, 11) is 1.96. The summed E-state index contributed by atoms with van der Waals surface area (Å²) in [6.45, 7) is 13.0. The van der Waals surface area contributed by atoms with Gasteiger partial charge in [0.2, 0.25) is 11.8 Å². The van der Waals surface area contributed by atoms with E-state index in [9.17, 15) is 19.5 Å². The topological polar surface area (TPSA) is 141 Å².